The van der Waals surface area contributed by atoms with Crippen LogP contribution in [0.15, 0.2) is 46.8 Å². The molecule has 0 aliphatic rings. The van der Waals surface area contributed by atoms with Crippen molar-refractivity contribution in [3.63, 3.8) is 0 Å². The van der Waals surface area contributed by atoms with Gasteiger partial charge in [-0.25, -0.2) is 9.37 Å². The molecule has 2 aromatic heterocycles. The van der Waals surface area contributed by atoms with E-state index in [1.807, 2.05) is 36.6 Å². The number of nitrogens with zero attached hydrogens (tertiary/aromatic N) is 3. The molecule has 0 unspecified atom stereocenters. The Morgan fingerprint density at radius 1 is 1.17 bits per heavy atom. The molecule has 0 atom stereocenters. The Labute approximate surface area is 186 Å². The second kappa shape index (κ2) is 9.76. The van der Waals surface area contributed by atoms with Crippen LogP contribution in [0.5, 0.6) is 0 Å². The third kappa shape index (κ3) is 5.93. The molecule has 0 radical (unpaired) electrons. The zero-order chi connectivity index (χ0) is 21.7. The zero-order valence-electron chi connectivity index (χ0n) is 18.0. The molecule has 30 heavy (non-hydrogen) atoms. The molecule has 2 heterocycles. The number of hydrogen-bond donors (Lipinski definition) is 2. The fourth-order valence-electron chi connectivity index (χ4n) is 2.78. The van der Waals surface area contributed by atoms with Crippen molar-refractivity contribution in [1.82, 2.24) is 14.3 Å². The number of aromatic nitrogens is 2. The van der Waals surface area contributed by atoms with Crippen LogP contribution >= 0.6 is 23.5 Å². The van der Waals surface area contributed by atoms with Crippen LogP contribution in [0.3, 0.4) is 0 Å². The predicted molar refractivity (Wildman–Crippen MR) is 126 cm³/mol. The van der Waals surface area contributed by atoms with Crippen molar-refractivity contribution in [2.24, 2.45) is 0 Å². The average molecular weight is 446 g/mol. The lowest BCUT2D eigenvalue weighted by Gasteiger charge is -2.32. The van der Waals surface area contributed by atoms with E-state index in [0.29, 0.717) is 18.7 Å². The molecule has 160 valence electrons. The molecule has 0 aliphatic carbocycles. The first-order valence-corrected chi connectivity index (χ1v) is 11.4. The molecule has 0 saturated heterocycles. The van der Waals surface area contributed by atoms with E-state index >= 15 is 0 Å². The minimum Gasteiger partial charge on any atom is -0.379 e. The third-order valence-electron chi connectivity index (χ3n) is 4.98. The van der Waals surface area contributed by atoms with E-state index in [9.17, 15) is 4.39 Å². The van der Waals surface area contributed by atoms with Crippen LogP contribution < -0.4 is 10.0 Å². The van der Waals surface area contributed by atoms with Crippen LogP contribution in [-0.4, -0.2) is 26.8 Å². The zero-order valence-corrected chi connectivity index (χ0v) is 19.6. The van der Waals surface area contributed by atoms with E-state index in [2.05, 4.69) is 52.1 Å². The quantitative estimate of drug-likeness (QED) is 0.418. The molecule has 2 N–H and O–H groups in total. The van der Waals surface area contributed by atoms with Crippen molar-refractivity contribution in [3.05, 3.63) is 64.4 Å². The van der Waals surface area contributed by atoms with Crippen molar-refractivity contribution in [3.8, 4) is 0 Å². The summed E-state index contributed by atoms with van der Waals surface area (Å²) >= 11 is 2.82. The van der Waals surface area contributed by atoms with Gasteiger partial charge in [-0.15, -0.1) is 0 Å². The molecule has 0 aliphatic heterocycles. The predicted octanol–water partition coefficient (Wildman–Crippen LogP) is 5.95. The van der Waals surface area contributed by atoms with Crippen LogP contribution in [0.4, 0.5) is 15.9 Å². The van der Waals surface area contributed by atoms with Gasteiger partial charge in [0.15, 0.2) is 0 Å². The first-order chi connectivity index (χ1) is 14.2. The molecular formula is C22H28FN5S2. The molecule has 8 heteroatoms. The van der Waals surface area contributed by atoms with Gasteiger partial charge < -0.3 is 10.0 Å². The van der Waals surface area contributed by atoms with Crippen LogP contribution in [0.1, 0.15) is 37.6 Å². The number of halogens is 1. The smallest absolute Gasteiger partial charge is 0.149 e. The van der Waals surface area contributed by atoms with Crippen molar-refractivity contribution in [2.75, 3.05) is 17.1 Å². The van der Waals surface area contributed by atoms with Crippen molar-refractivity contribution in [2.45, 2.75) is 51.3 Å². The largest absolute Gasteiger partial charge is 0.379 e. The van der Waals surface area contributed by atoms with Crippen molar-refractivity contribution < 1.29 is 4.39 Å². The Balaban J connectivity index is 1.68. The highest BCUT2D eigenvalue weighted by molar-refractivity contribution is 8.00. The van der Waals surface area contributed by atoms with Crippen LogP contribution in [0.25, 0.3) is 0 Å². The summed E-state index contributed by atoms with van der Waals surface area (Å²) in [6, 6.07) is 11.1. The van der Waals surface area contributed by atoms with E-state index < -0.39 is 0 Å². The molecule has 0 bridgehead atoms. The second-order valence-electron chi connectivity index (χ2n) is 8.13. The topological polar surface area (TPSA) is 53.1 Å². The highest BCUT2D eigenvalue weighted by Crippen LogP contribution is 2.24. The molecule has 0 fully saturated rings. The number of anilines is 2. The van der Waals surface area contributed by atoms with Gasteiger partial charge in [0.05, 0.1) is 11.4 Å². The molecular weight excluding hydrogens is 417 g/mol. The van der Waals surface area contributed by atoms with E-state index in [0.717, 1.165) is 27.8 Å². The minimum atomic E-state index is -0.187. The lowest BCUT2D eigenvalue weighted by atomic mass is 10.0. The Morgan fingerprint density at radius 2 is 1.97 bits per heavy atom. The van der Waals surface area contributed by atoms with Crippen LogP contribution in [0.2, 0.25) is 0 Å². The fourth-order valence-corrected chi connectivity index (χ4v) is 3.95. The highest BCUT2D eigenvalue weighted by Gasteiger charge is 2.19. The monoisotopic (exact) mass is 445 g/mol. The summed E-state index contributed by atoms with van der Waals surface area (Å²) in [5, 5.41) is 6.13. The molecule has 1 aromatic carbocycles. The van der Waals surface area contributed by atoms with Gasteiger partial charge in [0.1, 0.15) is 16.7 Å². The molecule has 0 saturated carbocycles. The number of benzene rings is 1. The number of nitrogens with one attached hydrogen (secondary N) is 2. The maximum atomic E-state index is 14.6. The van der Waals surface area contributed by atoms with E-state index in [1.54, 1.807) is 6.07 Å². The Morgan fingerprint density at radius 3 is 2.63 bits per heavy atom. The van der Waals surface area contributed by atoms with Gasteiger partial charge in [0.2, 0.25) is 0 Å². The Kier molecular flexibility index (Phi) is 7.33. The second-order valence-corrected chi connectivity index (χ2v) is 9.62. The summed E-state index contributed by atoms with van der Waals surface area (Å²) in [5.74, 6) is 0.631. The average Bonchev–Trinajstić information content (AvgIpc) is 3.20. The standard InChI is InChI=1S/C22H28FN5S2/c1-15-19(9-10-21(25-15)30-27-20-11-12-29-26-20)24-13-17-16(7-6-8-18(17)23)14-28(5)22(2,3)4/h6-12,24H,13-14H2,1-5H3,(H,26,27). The minimum absolute atomic E-state index is 0.0115. The molecule has 0 spiro atoms. The summed E-state index contributed by atoms with van der Waals surface area (Å²) in [6.07, 6.45) is 0. The molecule has 0 amide bonds. The third-order valence-corrected chi connectivity index (χ3v) is 6.29. The van der Waals surface area contributed by atoms with Gasteiger partial charge >= 0.3 is 0 Å². The normalized spacial score (nSPS) is 11.7. The summed E-state index contributed by atoms with van der Waals surface area (Å²) in [6.45, 7) is 9.51. The van der Waals surface area contributed by atoms with Gasteiger partial charge in [-0.05, 0) is 76.1 Å². The van der Waals surface area contributed by atoms with Gasteiger partial charge in [-0.1, -0.05) is 12.1 Å². The van der Waals surface area contributed by atoms with E-state index in [4.69, 9.17) is 0 Å². The Bertz CT molecular complexity index is 970. The summed E-state index contributed by atoms with van der Waals surface area (Å²) < 4.78 is 22.0. The SMILES string of the molecule is Cc1nc(SNc2ccsn2)ccc1NCc1c(F)cccc1CN(C)C(C)(C)C. The highest BCUT2D eigenvalue weighted by atomic mass is 32.2. The molecule has 3 rings (SSSR count). The van der Waals surface area contributed by atoms with Crippen molar-refractivity contribution in [1.29, 1.82) is 0 Å². The molecule has 3 aromatic rings. The lowest BCUT2D eigenvalue weighted by Crippen LogP contribution is -2.37. The van der Waals surface area contributed by atoms with Gasteiger partial charge in [-0.3, -0.25) is 4.90 Å². The van der Waals surface area contributed by atoms with Crippen LogP contribution in [0, 0.1) is 12.7 Å². The first-order valence-electron chi connectivity index (χ1n) is 9.76. The van der Waals surface area contributed by atoms with Crippen molar-refractivity contribution >= 4 is 35.0 Å². The van der Waals surface area contributed by atoms with E-state index in [1.165, 1.54) is 29.5 Å². The maximum Gasteiger partial charge on any atom is 0.149 e. The number of pyridine rings is 1. The summed E-state index contributed by atoms with van der Waals surface area (Å²) in [4.78, 5) is 6.84. The lowest BCUT2D eigenvalue weighted by molar-refractivity contribution is 0.167. The maximum absolute atomic E-state index is 14.6. The summed E-state index contributed by atoms with van der Waals surface area (Å²) in [7, 11) is 2.06. The Hall–Kier alpha value is -2.16. The number of hydrogen-bond acceptors (Lipinski definition) is 7. The van der Waals surface area contributed by atoms with Gasteiger partial charge in [0.25, 0.3) is 0 Å². The van der Waals surface area contributed by atoms with E-state index in [-0.39, 0.29) is 11.4 Å². The first kappa shape index (κ1) is 22.5. The van der Waals surface area contributed by atoms with Gasteiger partial charge in [0, 0.05) is 41.5 Å². The van der Waals surface area contributed by atoms with Crippen LogP contribution in [-0.2, 0) is 13.1 Å². The number of aryl methyl sites for hydroxylation is 1. The number of rotatable bonds is 8. The summed E-state index contributed by atoms with van der Waals surface area (Å²) in [5.41, 5.74) is 3.45. The van der Waals surface area contributed by atoms with Gasteiger partial charge in [-0.2, -0.15) is 4.37 Å². The molecule has 5 nitrogen and oxygen atoms in total. The fraction of sp³-hybridized carbons (Fsp3) is 0.364.